The molecule has 0 saturated carbocycles. The first-order valence-electron chi connectivity index (χ1n) is 0. The predicted molar refractivity (Wildman–Crippen MR) is 7.81 cm³/mol. The second-order valence-corrected chi connectivity index (χ2v) is 0. The Morgan fingerprint density at radius 1 is 0.600 bits per heavy atom. The van der Waals surface area contributed by atoms with Crippen molar-refractivity contribution in [3.63, 3.8) is 0 Å². The van der Waals surface area contributed by atoms with Gasteiger partial charge in [-0.25, -0.2) is 0 Å². The van der Waals surface area contributed by atoms with Crippen molar-refractivity contribution >= 4 is 17.4 Å². The zero-order valence-electron chi connectivity index (χ0n) is 2.14. The largest absolute Gasteiger partial charge is 3.00 e. The van der Waals surface area contributed by atoms with E-state index in [9.17, 15) is 0 Å². The van der Waals surface area contributed by atoms with E-state index in [1.165, 1.54) is 0 Å². The molecular formula is AlO3Tb. The van der Waals surface area contributed by atoms with E-state index in [1.807, 2.05) is 0 Å². The van der Waals surface area contributed by atoms with Gasteiger partial charge in [-0.05, 0) is 0 Å². The summed E-state index contributed by atoms with van der Waals surface area (Å²) in [4.78, 5) is 0. The fraction of sp³-hybridized carbons (Fsp3) is 0. The minimum atomic E-state index is 0. The zero-order valence-corrected chi connectivity index (χ0v) is 5.43. The normalized spacial score (nSPS) is 0. The molecule has 0 aromatic rings. The first kappa shape index (κ1) is 75.4. The Bertz CT molecular complexity index is 6.85. The molecule has 0 fully saturated rings. The van der Waals surface area contributed by atoms with Gasteiger partial charge in [-0.15, -0.1) is 0 Å². The predicted octanol–water partition coefficient (Wildman–Crippen LogP) is -0.737. The summed E-state index contributed by atoms with van der Waals surface area (Å²) in [6.45, 7) is 0. The summed E-state index contributed by atoms with van der Waals surface area (Å²) in [6, 6.07) is 0. The van der Waals surface area contributed by atoms with Gasteiger partial charge in [0.1, 0.15) is 0 Å². The zero-order chi connectivity index (χ0) is 0. The van der Waals surface area contributed by atoms with Crippen molar-refractivity contribution in [2.24, 2.45) is 0 Å². The minimum absolute atomic E-state index is 0. The van der Waals surface area contributed by atoms with Gasteiger partial charge in [0.15, 0.2) is 0 Å². The average Bonchev–Trinajstić information content (AvgIpc) is 0. The maximum Gasteiger partial charge on any atom is 3.00 e. The van der Waals surface area contributed by atoms with Crippen LogP contribution >= 0.6 is 0 Å². The average molecular weight is 234 g/mol. The SMILES string of the molecule is [Al+3].[O-2].[O-2].[O-2].[Tb+3]. The summed E-state index contributed by atoms with van der Waals surface area (Å²) < 4.78 is 0. The fourth-order valence-corrected chi connectivity index (χ4v) is 0. The van der Waals surface area contributed by atoms with Gasteiger partial charge in [-0.2, -0.15) is 0 Å². The van der Waals surface area contributed by atoms with Gasteiger partial charge < -0.3 is 16.4 Å². The van der Waals surface area contributed by atoms with E-state index >= 15 is 0 Å². The molecule has 0 aliphatic rings. The van der Waals surface area contributed by atoms with Crippen molar-refractivity contribution in [2.75, 3.05) is 0 Å². The van der Waals surface area contributed by atoms with Gasteiger partial charge in [0.05, 0.1) is 0 Å². The van der Waals surface area contributed by atoms with Gasteiger partial charge in [0, 0.05) is 0 Å². The Morgan fingerprint density at radius 3 is 0.600 bits per heavy atom. The molecule has 0 bridgehead atoms. The number of hydrogen-bond donors (Lipinski definition) is 0. The summed E-state index contributed by atoms with van der Waals surface area (Å²) in [5, 5.41) is 0. The second-order valence-electron chi connectivity index (χ2n) is 0. The molecule has 3 nitrogen and oxygen atoms in total. The van der Waals surface area contributed by atoms with Crippen LogP contribution in [0.5, 0.6) is 0 Å². The molecule has 0 aromatic carbocycles. The van der Waals surface area contributed by atoms with Crippen LogP contribution in [0.25, 0.3) is 0 Å². The molecule has 30 valence electrons. The third-order valence-electron chi connectivity index (χ3n) is 0. The molecule has 0 heterocycles. The Labute approximate surface area is 71.6 Å². The number of hydrogen-bond acceptors (Lipinski definition) is 0. The molecule has 0 amide bonds. The van der Waals surface area contributed by atoms with Gasteiger partial charge in [-0.1, -0.05) is 0 Å². The molecule has 0 radical (unpaired) electrons. The molecule has 0 N–H and O–H groups in total. The van der Waals surface area contributed by atoms with Gasteiger partial charge in [0.2, 0.25) is 0 Å². The molecule has 5 heavy (non-hydrogen) atoms. The van der Waals surface area contributed by atoms with E-state index in [4.69, 9.17) is 0 Å². The summed E-state index contributed by atoms with van der Waals surface area (Å²) in [6.07, 6.45) is 0. The van der Waals surface area contributed by atoms with Gasteiger partial charge >= 0.3 is 56.0 Å². The van der Waals surface area contributed by atoms with E-state index in [0.717, 1.165) is 0 Å². The van der Waals surface area contributed by atoms with Crippen molar-refractivity contribution in [3.8, 4) is 0 Å². The van der Waals surface area contributed by atoms with E-state index in [2.05, 4.69) is 0 Å². The molecule has 0 aliphatic heterocycles. The van der Waals surface area contributed by atoms with Gasteiger partial charge in [0.25, 0.3) is 0 Å². The van der Waals surface area contributed by atoms with E-state index in [-0.39, 0.29) is 72.4 Å². The monoisotopic (exact) mass is 234 g/mol. The molecule has 0 aromatic heterocycles. The summed E-state index contributed by atoms with van der Waals surface area (Å²) in [7, 11) is 0. The standard InChI is InChI=1S/Al.3O.Tb/q+3;3*-2;+3. The Morgan fingerprint density at radius 2 is 0.600 bits per heavy atom. The second kappa shape index (κ2) is 43.6. The van der Waals surface area contributed by atoms with Crippen LogP contribution < -0.4 is 0 Å². The van der Waals surface area contributed by atoms with Gasteiger partial charge in [-0.3, -0.25) is 0 Å². The maximum atomic E-state index is 0. The summed E-state index contributed by atoms with van der Waals surface area (Å²) in [5.41, 5.74) is 0. The van der Waals surface area contributed by atoms with Crippen molar-refractivity contribution in [1.82, 2.24) is 0 Å². The molecule has 0 spiro atoms. The van der Waals surface area contributed by atoms with E-state index < -0.39 is 0 Å². The van der Waals surface area contributed by atoms with Crippen LogP contribution in [0.2, 0.25) is 0 Å². The van der Waals surface area contributed by atoms with E-state index in [1.54, 1.807) is 0 Å². The summed E-state index contributed by atoms with van der Waals surface area (Å²) in [5.74, 6) is 0. The molecule has 5 heteroatoms. The Balaban J connectivity index is 0. The Hall–Kier alpha value is 1.70. The van der Waals surface area contributed by atoms with E-state index in [0.29, 0.717) is 0 Å². The molecule has 0 rings (SSSR count). The van der Waals surface area contributed by atoms with Crippen molar-refractivity contribution in [2.45, 2.75) is 0 Å². The smallest absolute Gasteiger partial charge is 2.00 e. The first-order chi connectivity index (χ1) is 0. The van der Waals surface area contributed by atoms with Crippen molar-refractivity contribution in [1.29, 1.82) is 0 Å². The van der Waals surface area contributed by atoms with Crippen LogP contribution in [-0.4, -0.2) is 17.4 Å². The topological polar surface area (TPSA) is 85.5 Å². The molecule has 0 aliphatic carbocycles. The van der Waals surface area contributed by atoms with Crippen LogP contribution in [0, 0.1) is 38.6 Å². The van der Waals surface area contributed by atoms with Crippen molar-refractivity contribution in [3.05, 3.63) is 0 Å². The first-order valence-corrected chi connectivity index (χ1v) is 0. The van der Waals surface area contributed by atoms with Crippen LogP contribution in [0.1, 0.15) is 0 Å². The Kier molecular flexibility index (Phi) is 658. The molecular weight excluding hydrogens is 234 g/mol. The third kappa shape index (κ3) is 27.0. The van der Waals surface area contributed by atoms with Crippen LogP contribution in [-0.2, 0) is 16.4 Å². The van der Waals surface area contributed by atoms with Crippen LogP contribution in [0.3, 0.4) is 0 Å². The molecule has 0 unspecified atom stereocenters. The maximum absolute atomic E-state index is 0. The number of rotatable bonds is 0. The minimum Gasteiger partial charge on any atom is -2.00 e. The summed E-state index contributed by atoms with van der Waals surface area (Å²) >= 11 is 0. The van der Waals surface area contributed by atoms with Crippen LogP contribution in [0.15, 0.2) is 0 Å². The molecule has 0 atom stereocenters. The molecule has 0 saturated heterocycles. The quantitative estimate of drug-likeness (QED) is 0.494. The van der Waals surface area contributed by atoms with Crippen molar-refractivity contribution < 1.29 is 55.0 Å². The fourth-order valence-electron chi connectivity index (χ4n) is 0. The van der Waals surface area contributed by atoms with Crippen LogP contribution in [0.4, 0.5) is 0 Å². The third-order valence-corrected chi connectivity index (χ3v) is 0.